The van der Waals surface area contributed by atoms with Gasteiger partial charge in [-0.3, -0.25) is 13.8 Å². The van der Waals surface area contributed by atoms with Crippen molar-refractivity contribution in [2.24, 2.45) is 0 Å². The van der Waals surface area contributed by atoms with E-state index in [0.717, 1.165) is 38.5 Å². The molecule has 3 atom stereocenters. The Morgan fingerprint density at radius 1 is 0.410 bits per heavy atom. The molecule has 3 N–H and O–H groups in total. The number of aliphatic hydroxyl groups is 1. The van der Waals surface area contributed by atoms with E-state index < -0.39 is 20.0 Å². The Balaban J connectivity index is 3.88. The van der Waals surface area contributed by atoms with E-state index >= 15 is 0 Å². The van der Waals surface area contributed by atoms with Crippen molar-refractivity contribution < 1.29 is 32.9 Å². The summed E-state index contributed by atoms with van der Waals surface area (Å²) in [6.45, 7) is 4.86. The number of hydrogen-bond donors (Lipinski definition) is 3. The molecule has 0 rings (SSSR count). The summed E-state index contributed by atoms with van der Waals surface area (Å²) >= 11 is 0. The Morgan fingerprint density at radius 3 is 0.988 bits per heavy atom. The number of phosphoric ester groups is 1. The summed E-state index contributed by atoms with van der Waals surface area (Å²) < 4.78 is 23.8. The van der Waals surface area contributed by atoms with Crippen LogP contribution in [0.15, 0.2) is 36.5 Å². The minimum absolute atomic E-state index is 0.0643. The lowest BCUT2D eigenvalue weighted by Gasteiger charge is -2.25. The van der Waals surface area contributed by atoms with Gasteiger partial charge in [0.05, 0.1) is 39.9 Å². The molecule has 0 aromatic carbocycles. The van der Waals surface area contributed by atoms with Crippen molar-refractivity contribution in [3.63, 3.8) is 0 Å². The minimum Gasteiger partial charge on any atom is -0.387 e. The van der Waals surface area contributed by atoms with Crippen LogP contribution >= 0.6 is 7.82 Å². The van der Waals surface area contributed by atoms with E-state index in [0.29, 0.717) is 17.4 Å². The van der Waals surface area contributed by atoms with Gasteiger partial charge in [-0.2, -0.15) is 0 Å². The summed E-state index contributed by atoms with van der Waals surface area (Å²) in [4.78, 5) is 23.4. The fourth-order valence-electron chi connectivity index (χ4n) is 11.4. The van der Waals surface area contributed by atoms with Crippen molar-refractivity contribution in [1.29, 1.82) is 0 Å². The number of likely N-dealkylation sites (N-methyl/N-ethyl adjacent to an activating group) is 1. The number of hydrogen-bond acceptors (Lipinski definition) is 5. The van der Waals surface area contributed by atoms with Gasteiger partial charge in [0, 0.05) is 6.42 Å². The summed E-state index contributed by atoms with van der Waals surface area (Å²) in [7, 11) is 1.59. The number of allylic oxidation sites excluding steroid dienone is 5. The largest absolute Gasteiger partial charge is 0.472 e. The lowest BCUT2D eigenvalue weighted by atomic mass is 10.0. The van der Waals surface area contributed by atoms with Crippen molar-refractivity contribution >= 4 is 13.7 Å². The van der Waals surface area contributed by atoms with Gasteiger partial charge in [-0.1, -0.05) is 359 Å². The summed E-state index contributed by atoms with van der Waals surface area (Å²) in [5, 5.41) is 14.0. The molecule has 0 fully saturated rings. The van der Waals surface area contributed by atoms with E-state index in [1.54, 1.807) is 6.08 Å². The van der Waals surface area contributed by atoms with Crippen LogP contribution in [-0.2, 0) is 18.4 Å². The molecule has 9 heteroatoms. The van der Waals surface area contributed by atoms with Crippen LogP contribution in [0.25, 0.3) is 0 Å². The fraction of sp³-hybridized carbons (Fsp3) is 0.905. The summed E-state index contributed by atoms with van der Waals surface area (Å²) in [5.41, 5.74) is 0. The fourth-order valence-corrected chi connectivity index (χ4v) is 12.1. The molecule has 0 bridgehead atoms. The second-order valence-corrected chi connectivity index (χ2v) is 28.1. The van der Waals surface area contributed by atoms with Gasteiger partial charge in [0.1, 0.15) is 13.2 Å². The highest BCUT2D eigenvalue weighted by atomic mass is 31.2. The number of nitrogens with zero attached hydrogens (tertiary/aromatic N) is 1. The van der Waals surface area contributed by atoms with Crippen LogP contribution in [0.2, 0.25) is 0 Å². The van der Waals surface area contributed by atoms with E-state index in [-0.39, 0.29) is 19.1 Å². The number of carbonyl (C=O) groups excluding carboxylic acids is 1. The van der Waals surface area contributed by atoms with Gasteiger partial charge in [0.25, 0.3) is 0 Å². The number of aliphatic hydroxyl groups excluding tert-OH is 1. The zero-order valence-electron chi connectivity index (χ0n) is 56.5. The second-order valence-electron chi connectivity index (χ2n) is 26.7. The van der Waals surface area contributed by atoms with Gasteiger partial charge in [-0.15, -0.1) is 0 Å². The molecular formula is C74H146N2O6P+. The molecule has 0 radical (unpaired) electrons. The lowest BCUT2D eigenvalue weighted by molar-refractivity contribution is -0.870. The van der Waals surface area contributed by atoms with Crippen molar-refractivity contribution in [3.05, 3.63) is 36.5 Å². The summed E-state index contributed by atoms with van der Waals surface area (Å²) in [5.74, 6) is -0.168. The number of amides is 1. The van der Waals surface area contributed by atoms with Gasteiger partial charge in [0.15, 0.2) is 0 Å². The van der Waals surface area contributed by atoms with Gasteiger partial charge in [0.2, 0.25) is 5.91 Å². The lowest BCUT2D eigenvalue weighted by Crippen LogP contribution is -2.45. The highest BCUT2D eigenvalue weighted by Gasteiger charge is 2.28. The molecule has 0 saturated heterocycles. The van der Waals surface area contributed by atoms with Gasteiger partial charge < -0.3 is 19.8 Å². The van der Waals surface area contributed by atoms with Gasteiger partial charge in [-0.05, 0) is 51.4 Å². The zero-order chi connectivity index (χ0) is 60.5. The number of phosphoric acid groups is 1. The van der Waals surface area contributed by atoms with Gasteiger partial charge in [-0.25, -0.2) is 4.57 Å². The number of rotatable bonds is 69. The van der Waals surface area contributed by atoms with Crippen molar-refractivity contribution in [2.45, 2.75) is 392 Å². The zero-order valence-corrected chi connectivity index (χ0v) is 57.4. The first-order chi connectivity index (χ1) is 40.5. The maximum atomic E-state index is 13.1. The second kappa shape index (κ2) is 65.2. The first-order valence-electron chi connectivity index (χ1n) is 36.9. The maximum Gasteiger partial charge on any atom is 0.472 e. The molecule has 8 nitrogen and oxygen atoms in total. The van der Waals surface area contributed by atoms with Crippen molar-refractivity contribution in [1.82, 2.24) is 5.32 Å². The van der Waals surface area contributed by atoms with E-state index in [1.165, 1.54) is 321 Å². The normalized spacial score (nSPS) is 13.8. The standard InChI is InChI=1S/C74H145N2O6P/c1-6-8-10-12-14-16-18-20-22-24-26-28-29-30-31-32-33-34-35-36-37-38-39-40-41-42-43-44-45-46-47-48-50-52-54-56-58-60-62-64-66-68-74(78)75-72(71-82-83(79,80)81-70-69-76(3,4)5)73(77)67-65-63-61-59-57-55-53-51-49-27-25-23-21-19-17-15-13-11-9-7-2/h18,20,24,26,65,67,72-73,77H,6-17,19,21-23,25,27-64,66,68-71H2,1-5H3,(H-,75,78,79,80)/p+1/b20-18-,26-24-,67-65+. The summed E-state index contributed by atoms with van der Waals surface area (Å²) in [6, 6.07) is -0.845. The van der Waals surface area contributed by atoms with Crippen molar-refractivity contribution in [2.75, 3.05) is 40.9 Å². The third-order valence-electron chi connectivity index (χ3n) is 17.1. The van der Waals surface area contributed by atoms with E-state index in [1.807, 2.05) is 27.2 Å². The smallest absolute Gasteiger partial charge is 0.387 e. The number of unbranched alkanes of at least 4 members (excludes halogenated alkanes) is 52. The molecule has 0 saturated carbocycles. The first-order valence-corrected chi connectivity index (χ1v) is 38.4. The molecule has 492 valence electrons. The Hall–Kier alpha value is -1.28. The highest BCUT2D eigenvalue weighted by molar-refractivity contribution is 7.47. The van der Waals surface area contributed by atoms with Crippen LogP contribution in [0, 0.1) is 0 Å². The Morgan fingerprint density at radius 2 is 0.687 bits per heavy atom. The van der Waals surface area contributed by atoms with Gasteiger partial charge >= 0.3 is 7.82 Å². The number of carbonyl (C=O) groups is 1. The predicted octanol–water partition coefficient (Wildman–Crippen LogP) is 23.6. The average molecular weight is 1190 g/mol. The molecule has 1 amide bonds. The highest BCUT2D eigenvalue weighted by Crippen LogP contribution is 2.43. The van der Waals surface area contributed by atoms with Crippen LogP contribution in [0.1, 0.15) is 380 Å². The number of quaternary nitrogens is 1. The monoisotopic (exact) mass is 1190 g/mol. The molecular weight excluding hydrogens is 1040 g/mol. The molecule has 0 aliphatic heterocycles. The van der Waals surface area contributed by atoms with Crippen LogP contribution < -0.4 is 5.32 Å². The van der Waals surface area contributed by atoms with Crippen LogP contribution in [0.5, 0.6) is 0 Å². The van der Waals surface area contributed by atoms with E-state index in [2.05, 4.69) is 43.5 Å². The average Bonchev–Trinajstić information content (AvgIpc) is 3.49. The molecule has 0 aliphatic carbocycles. The SMILES string of the molecule is CCCCCCC/C=C\C/C=C\CCCCCCCCCCCCCCCCCCCCCCCCCCCCCCCC(=O)NC(COP(=O)(O)OCC[N+](C)(C)C)C(O)/C=C/CCCCCCCCCCCCCCCCCCCC. The quantitative estimate of drug-likeness (QED) is 0.0243. The molecule has 0 aliphatic rings. The minimum atomic E-state index is -4.35. The summed E-state index contributed by atoms with van der Waals surface area (Å²) in [6.07, 6.45) is 87.5. The topological polar surface area (TPSA) is 105 Å². The Kier molecular flexibility index (Phi) is 64.2. The molecule has 0 aromatic heterocycles. The number of nitrogens with one attached hydrogen (secondary N) is 1. The molecule has 0 heterocycles. The van der Waals surface area contributed by atoms with Crippen LogP contribution in [0.4, 0.5) is 0 Å². The maximum absolute atomic E-state index is 13.1. The molecule has 3 unspecified atom stereocenters. The van der Waals surface area contributed by atoms with Crippen molar-refractivity contribution in [3.8, 4) is 0 Å². The third-order valence-corrected chi connectivity index (χ3v) is 18.1. The van der Waals surface area contributed by atoms with E-state index in [4.69, 9.17) is 9.05 Å². The Bertz CT molecular complexity index is 1450. The molecule has 0 aromatic rings. The molecule has 83 heavy (non-hydrogen) atoms. The first kappa shape index (κ1) is 81.7. The van der Waals surface area contributed by atoms with Crippen LogP contribution in [-0.4, -0.2) is 73.4 Å². The predicted molar refractivity (Wildman–Crippen MR) is 365 cm³/mol. The Labute approximate surface area is 518 Å². The van der Waals surface area contributed by atoms with Crippen LogP contribution in [0.3, 0.4) is 0 Å². The van der Waals surface area contributed by atoms with E-state index in [9.17, 15) is 19.4 Å². The third kappa shape index (κ3) is 68.1. The molecule has 0 spiro atoms.